The van der Waals surface area contributed by atoms with Gasteiger partial charge in [0.25, 0.3) is 0 Å². The molecular formula is C25H30FN3O3Si. The predicted octanol–water partition coefficient (Wildman–Crippen LogP) is 2.41. The maximum Gasteiger partial charge on any atom is 0.351 e. The van der Waals surface area contributed by atoms with E-state index in [1.165, 1.54) is 12.3 Å². The fraction of sp³-hybridized carbons (Fsp3) is 0.360. The maximum absolute atomic E-state index is 15.2. The molecule has 4 rings (SSSR count). The van der Waals surface area contributed by atoms with Crippen LogP contribution in [0.3, 0.4) is 0 Å². The largest absolute Gasteiger partial charge is 0.393 e. The summed E-state index contributed by atoms with van der Waals surface area (Å²) in [7, 11) is -2.96. The molecule has 6 nitrogen and oxygen atoms in total. The molecule has 1 fully saturated rings. The van der Waals surface area contributed by atoms with Crippen LogP contribution < -0.4 is 21.8 Å². The summed E-state index contributed by atoms with van der Waals surface area (Å²) in [5, 5.41) is 13.8. The first-order valence-corrected chi connectivity index (χ1v) is 13.2. The first-order valence-electron chi connectivity index (χ1n) is 11.1. The zero-order valence-corrected chi connectivity index (χ0v) is 20.1. The summed E-state index contributed by atoms with van der Waals surface area (Å²) >= 11 is 0. The van der Waals surface area contributed by atoms with E-state index in [4.69, 9.17) is 10.5 Å². The van der Waals surface area contributed by atoms with E-state index in [1.807, 2.05) is 60.7 Å². The Morgan fingerprint density at radius 1 is 1.09 bits per heavy atom. The van der Waals surface area contributed by atoms with E-state index in [0.717, 1.165) is 14.9 Å². The van der Waals surface area contributed by atoms with Gasteiger partial charge in [0.2, 0.25) is 0 Å². The summed E-state index contributed by atoms with van der Waals surface area (Å²) in [6.07, 6.45) is -2.05. The van der Waals surface area contributed by atoms with E-state index in [0.29, 0.717) is 0 Å². The van der Waals surface area contributed by atoms with Crippen molar-refractivity contribution in [2.24, 2.45) is 0 Å². The number of benzene rings is 2. The number of halogens is 1. The van der Waals surface area contributed by atoms with Crippen LogP contribution in [0.4, 0.5) is 10.2 Å². The van der Waals surface area contributed by atoms with Crippen molar-refractivity contribution in [1.29, 1.82) is 0 Å². The zero-order valence-electron chi connectivity index (χ0n) is 19.1. The van der Waals surface area contributed by atoms with Crippen molar-refractivity contribution in [3.63, 3.8) is 0 Å². The number of nitrogens with zero attached hydrogens (tertiary/aromatic N) is 2. The van der Waals surface area contributed by atoms with Crippen LogP contribution in [0.1, 0.15) is 33.4 Å². The van der Waals surface area contributed by atoms with E-state index < -0.39 is 38.0 Å². The number of anilines is 1. The van der Waals surface area contributed by atoms with E-state index >= 15 is 4.39 Å². The Bertz CT molecular complexity index is 1110. The van der Waals surface area contributed by atoms with Crippen molar-refractivity contribution >= 4 is 24.3 Å². The maximum atomic E-state index is 15.2. The summed E-state index contributed by atoms with van der Waals surface area (Å²) < 4.78 is 22.4. The van der Waals surface area contributed by atoms with Crippen LogP contribution in [-0.4, -0.2) is 40.7 Å². The Kier molecular flexibility index (Phi) is 6.26. The average Bonchev–Trinajstić information content (AvgIpc) is 3.16. The fourth-order valence-electron chi connectivity index (χ4n) is 5.22. The smallest absolute Gasteiger partial charge is 0.351 e. The second-order valence-corrected chi connectivity index (χ2v) is 14.5. The molecule has 0 amide bonds. The number of hydrogen-bond donors (Lipinski definition) is 2. The van der Waals surface area contributed by atoms with Gasteiger partial charge in [-0.2, -0.15) is 4.98 Å². The van der Waals surface area contributed by atoms with Gasteiger partial charge in [-0.3, -0.25) is 4.57 Å². The molecule has 0 radical (unpaired) electrons. The van der Waals surface area contributed by atoms with Crippen LogP contribution in [0, 0.1) is 0 Å². The monoisotopic (exact) mass is 467 g/mol. The number of aliphatic hydroxyl groups excluding tert-OH is 1. The third kappa shape index (κ3) is 4.03. The topological polar surface area (TPSA) is 90.4 Å². The molecule has 2 aromatic carbocycles. The molecule has 1 unspecified atom stereocenters. The molecule has 3 aromatic rings. The van der Waals surface area contributed by atoms with Crippen molar-refractivity contribution in [2.45, 2.75) is 56.5 Å². The molecule has 0 aliphatic carbocycles. The van der Waals surface area contributed by atoms with Gasteiger partial charge < -0.3 is 15.6 Å². The number of nitrogens with two attached hydrogens (primary N) is 1. The zero-order chi connectivity index (χ0) is 23.8. The number of hydrogen-bond acceptors (Lipinski definition) is 5. The second-order valence-electron chi connectivity index (χ2n) is 9.59. The van der Waals surface area contributed by atoms with E-state index in [1.54, 1.807) is 0 Å². The van der Waals surface area contributed by atoms with Crippen molar-refractivity contribution in [2.75, 3.05) is 5.73 Å². The number of aliphatic hydroxyl groups is 1. The Morgan fingerprint density at radius 2 is 1.64 bits per heavy atom. The minimum absolute atomic E-state index is 0.0207. The fourth-order valence-corrected chi connectivity index (χ4v) is 11.1. The third-order valence-corrected chi connectivity index (χ3v) is 12.8. The molecule has 1 aliphatic rings. The molecule has 1 aliphatic heterocycles. The number of rotatable bonds is 5. The van der Waals surface area contributed by atoms with Crippen molar-refractivity contribution in [1.82, 2.24) is 9.55 Å². The van der Waals surface area contributed by atoms with Gasteiger partial charge in [0.05, 0.1) is 11.8 Å². The van der Waals surface area contributed by atoms with Crippen LogP contribution in [0.2, 0.25) is 5.04 Å². The molecule has 33 heavy (non-hydrogen) atoms. The molecular weight excluding hydrogens is 437 g/mol. The standard InChI is InChI=1S/C25H30FN3O3Si/c1-25(2,3)33(17-10-6-4-7-11-17,18-12-8-5-9-13-18)23(30)20-16-19(26)22(32-20)29-15-14-21(27)28-24(29)31/h4-15,19-20,22-23,30H,16H2,1-3H3,(H2,27,28,31)/t19-,20-,22-,23?/m1/s1. The molecule has 0 bridgehead atoms. The lowest BCUT2D eigenvalue weighted by atomic mass is 10.2. The van der Waals surface area contributed by atoms with Crippen molar-refractivity contribution in [3.8, 4) is 0 Å². The molecule has 2 heterocycles. The minimum Gasteiger partial charge on any atom is -0.393 e. The van der Waals surface area contributed by atoms with E-state index in [-0.39, 0.29) is 17.3 Å². The summed E-state index contributed by atoms with van der Waals surface area (Å²) in [5.74, 6) is 0.0635. The van der Waals surface area contributed by atoms with E-state index in [9.17, 15) is 9.90 Å². The average molecular weight is 468 g/mol. The van der Waals surface area contributed by atoms with E-state index in [2.05, 4.69) is 25.8 Å². The predicted molar refractivity (Wildman–Crippen MR) is 130 cm³/mol. The van der Waals surface area contributed by atoms with Crippen LogP contribution in [0.25, 0.3) is 0 Å². The van der Waals surface area contributed by atoms with Gasteiger partial charge >= 0.3 is 5.69 Å². The summed E-state index contributed by atoms with van der Waals surface area (Å²) in [4.78, 5) is 16.0. The molecule has 1 saturated heterocycles. The van der Waals surface area contributed by atoms with Gasteiger partial charge in [0, 0.05) is 12.6 Å². The first kappa shape index (κ1) is 23.3. The highest BCUT2D eigenvalue weighted by atomic mass is 28.3. The van der Waals surface area contributed by atoms with Gasteiger partial charge in [0.15, 0.2) is 14.3 Å². The van der Waals surface area contributed by atoms with Crippen LogP contribution in [-0.2, 0) is 4.74 Å². The number of nitrogen functional groups attached to an aromatic ring is 1. The molecule has 1 aromatic heterocycles. The Balaban J connectivity index is 1.81. The normalized spacial score (nSPS) is 22.3. The lowest BCUT2D eigenvalue weighted by molar-refractivity contribution is -0.0517. The van der Waals surface area contributed by atoms with Gasteiger partial charge in [-0.1, -0.05) is 91.8 Å². The number of ether oxygens (including phenoxy) is 1. The molecule has 4 atom stereocenters. The molecule has 3 N–H and O–H groups in total. The highest BCUT2D eigenvalue weighted by Gasteiger charge is 2.57. The van der Waals surface area contributed by atoms with Gasteiger partial charge in [-0.25, -0.2) is 9.18 Å². The highest BCUT2D eigenvalue weighted by Crippen LogP contribution is 2.43. The van der Waals surface area contributed by atoms with Crippen molar-refractivity contribution in [3.05, 3.63) is 83.4 Å². The second kappa shape index (κ2) is 8.85. The molecule has 0 saturated carbocycles. The van der Waals surface area contributed by atoms with Crippen LogP contribution in [0.5, 0.6) is 0 Å². The van der Waals surface area contributed by atoms with Crippen molar-refractivity contribution < 1.29 is 14.2 Å². The van der Waals surface area contributed by atoms with Gasteiger partial charge in [0.1, 0.15) is 12.0 Å². The Morgan fingerprint density at radius 3 is 2.12 bits per heavy atom. The molecule has 0 spiro atoms. The molecule has 174 valence electrons. The highest BCUT2D eigenvalue weighted by molar-refractivity contribution is 7.05. The van der Waals surface area contributed by atoms with Gasteiger partial charge in [-0.15, -0.1) is 0 Å². The summed E-state index contributed by atoms with van der Waals surface area (Å²) in [6.45, 7) is 6.36. The lowest BCUT2D eigenvalue weighted by Crippen LogP contribution is -2.74. The SMILES string of the molecule is CC(C)(C)[Si](c1ccccc1)(c1ccccc1)C(O)[C@H]1C[C@@H](F)[C@H](n2ccc(N)nc2=O)O1. The van der Waals surface area contributed by atoms with Gasteiger partial charge in [-0.05, 0) is 11.1 Å². The number of aromatic nitrogens is 2. The van der Waals surface area contributed by atoms with Crippen LogP contribution in [0.15, 0.2) is 77.7 Å². The van der Waals surface area contributed by atoms with Crippen LogP contribution >= 0.6 is 0 Å². The summed E-state index contributed by atoms with van der Waals surface area (Å²) in [6, 6.07) is 21.4. The Labute approximate surface area is 193 Å². The minimum atomic E-state index is -2.96. The first-order chi connectivity index (χ1) is 15.7. The summed E-state index contributed by atoms with van der Waals surface area (Å²) in [5.41, 5.74) is 3.94. The Hall–Kier alpha value is -2.81. The lowest BCUT2D eigenvalue weighted by Gasteiger charge is -2.48. The number of alkyl halides is 1. The molecule has 8 heteroatoms. The quantitative estimate of drug-likeness (QED) is 0.563. The third-order valence-electron chi connectivity index (χ3n) is 6.64.